The van der Waals surface area contributed by atoms with E-state index < -0.39 is 0 Å². The van der Waals surface area contributed by atoms with Gasteiger partial charge in [-0.25, -0.2) is 4.98 Å². The smallest absolute Gasteiger partial charge is 0.0976 e. The Morgan fingerprint density at radius 1 is 1.33 bits per heavy atom. The minimum absolute atomic E-state index is 0.0629. The number of hydrogen-bond donors (Lipinski definition) is 2. The molecule has 2 heterocycles. The molecule has 96 valence electrons. The molecular weight excluding hydrogens is 244 g/mol. The first-order valence-electron chi connectivity index (χ1n) is 6.57. The zero-order valence-corrected chi connectivity index (χ0v) is 11.1. The summed E-state index contributed by atoms with van der Waals surface area (Å²) in [6.07, 6.45) is 7.12. The van der Waals surface area contributed by atoms with Gasteiger partial charge in [-0.1, -0.05) is 0 Å². The van der Waals surface area contributed by atoms with Gasteiger partial charge >= 0.3 is 0 Å². The standard InChI is InChI=1S/C14H18N2OS/c17-11-5-3-10(4-6-11)8-14-16-13(9-18-14)12-2-1-7-15-12/h1-2,7,9-11,15,17H,3-6,8H2. The molecule has 0 unspecified atom stereocenters. The monoisotopic (exact) mass is 262 g/mol. The van der Waals surface area contributed by atoms with E-state index in [4.69, 9.17) is 4.98 Å². The van der Waals surface area contributed by atoms with E-state index in [0.29, 0.717) is 5.92 Å². The van der Waals surface area contributed by atoms with Crippen LogP contribution in [0.25, 0.3) is 11.4 Å². The average Bonchev–Trinajstić information content (AvgIpc) is 3.02. The van der Waals surface area contributed by atoms with Crippen molar-refractivity contribution in [3.05, 3.63) is 28.7 Å². The van der Waals surface area contributed by atoms with E-state index in [2.05, 4.69) is 16.4 Å². The first kappa shape index (κ1) is 11.9. The third kappa shape index (κ3) is 2.65. The third-order valence-corrected chi connectivity index (χ3v) is 4.58. The van der Waals surface area contributed by atoms with Crippen LogP contribution >= 0.6 is 11.3 Å². The second-order valence-corrected chi connectivity index (χ2v) is 6.03. The fourth-order valence-electron chi connectivity index (χ4n) is 2.61. The number of aromatic nitrogens is 2. The van der Waals surface area contributed by atoms with Crippen LogP contribution in [-0.4, -0.2) is 21.2 Å². The van der Waals surface area contributed by atoms with Gasteiger partial charge in [0.15, 0.2) is 0 Å². The molecule has 0 saturated heterocycles. The van der Waals surface area contributed by atoms with Crippen molar-refractivity contribution in [2.45, 2.75) is 38.2 Å². The third-order valence-electron chi connectivity index (χ3n) is 3.71. The summed E-state index contributed by atoms with van der Waals surface area (Å²) in [5, 5.41) is 12.9. The van der Waals surface area contributed by atoms with Gasteiger partial charge in [0.05, 0.1) is 22.5 Å². The Bertz CT molecular complexity index is 484. The van der Waals surface area contributed by atoms with Gasteiger partial charge in [0.25, 0.3) is 0 Å². The highest BCUT2D eigenvalue weighted by molar-refractivity contribution is 7.09. The van der Waals surface area contributed by atoms with Gasteiger partial charge in [-0.3, -0.25) is 0 Å². The lowest BCUT2D eigenvalue weighted by Crippen LogP contribution is -2.19. The van der Waals surface area contributed by atoms with Crippen LogP contribution in [0.5, 0.6) is 0 Å². The molecule has 18 heavy (non-hydrogen) atoms. The number of rotatable bonds is 3. The topological polar surface area (TPSA) is 48.9 Å². The van der Waals surface area contributed by atoms with Crippen molar-refractivity contribution in [3.8, 4) is 11.4 Å². The molecule has 0 amide bonds. The van der Waals surface area contributed by atoms with E-state index in [1.54, 1.807) is 11.3 Å². The van der Waals surface area contributed by atoms with Crippen molar-refractivity contribution >= 4 is 11.3 Å². The normalized spacial score (nSPS) is 24.3. The molecule has 2 aromatic rings. The van der Waals surface area contributed by atoms with E-state index in [9.17, 15) is 5.11 Å². The molecule has 0 bridgehead atoms. The van der Waals surface area contributed by atoms with Gasteiger partial charge in [-0.05, 0) is 43.7 Å². The van der Waals surface area contributed by atoms with Gasteiger partial charge in [-0.15, -0.1) is 11.3 Å². The maximum Gasteiger partial charge on any atom is 0.0976 e. The fraction of sp³-hybridized carbons (Fsp3) is 0.500. The van der Waals surface area contributed by atoms with Crippen molar-refractivity contribution in [1.82, 2.24) is 9.97 Å². The van der Waals surface area contributed by atoms with Crippen molar-refractivity contribution in [2.75, 3.05) is 0 Å². The van der Waals surface area contributed by atoms with E-state index in [-0.39, 0.29) is 6.10 Å². The summed E-state index contributed by atoms with van der Waals surface area (Å²) in [6.45, 7) is 0. The first-order valence-corrected chi connectivity index (χ1v) is 7.45. The number of aliphatic hydroxyl groups is 1. The molecule has 2 N–H and O–H groups in total. The summed E-state index contributed by atoms with van der Waals surface area (Å²) >= 11 is 1.75. The van der Waals surface area contributed by atoms with Crippen molar-refractivity contribution in [3.63, 3.8) is 0 Å². The van der Waals surface area contributed by atoms with Crippen molar-refractivity contribution in [1.29, 1.82) is 0 Å². The minimum atomic E-state index is -0.0629. The van der Waals surface area contributed by atoms with Crippen LogP contribution in [0.3, 0.4) is 0 Å². The highest BCUT2D eigenvalue weighted by atomic mass is 32.1. The largest absolute Gasteiger partial charge is 0.393 e. The molecule has 1 fully saturated rings. The molecule has 0 spiro atoms. The second-order valence-electron chi connectivity index (χ2n) is 5.09. The van der Waals surface area contributed by atoms with Gasteiger partial charge < -0.3 is 10.1 Å². The van der Waals surface area contributed by atoms with Crippen LogP contribution in [0.4, 0.5) is 0 Å². The molecule has 4 heteroatoms. The molecule has 3 rings (SSSR count). The van der Waals surface area contributed by atoms with Gasteiger partial charge in [-0.2, -0.15) is 0 Å². The van der Waals surface area contributed by atoms with Crippen LogP contribution in [0.15, 0.2) is 23.7 Å². The van der Waals surface area contributed by atoms with E-state index in [1.807, 2.05) is 12.3 Å². The molecule has 0 atom stereocenters. The molecule has 1 aliphatic rings. The zero-order valence-electron chi connectivity index (χ0n) is 10.3. The number of nitrogens with zero attached hydrogens (tertiary/aromatic N) is 1. The van der Waals surface area contributed by atoms with Crippen LogP contribution in [0.2, 0.25) is 0 Å². The number of aromatic amines is 1. The molecule has 0 radical (unpaired) electrons. The SMILES string of the molecule is OC1CCC(Cc2nc(-c3ccc[nH]3)cs2)CC1. The molecule has 0 aliphatic heterocycles. The highest BCUT2D eigenvalue weighted by Gasteiger charge is 2.20. The van der Waals surface area contributed by atoms with Crippen LogP contribution in [0, 0.1) is 5.92 Å². The lowest BCUT2D eigenvalue weighted by atomic mass is 9.85. The Labute approximate surface area is 111 Å². The Kier molecular flexibility index (Phi) is 3.48. The van der Waals surface area contributed by atoms with E-state index in [1.165, 1.54) is 5.01 Å². The minimum Gasteiger partial charge on any atom is -0.393 e. The molecule has 1 aliphatic carbocycles. The summed E-state index contributed by atoms with van der Waals surface area (Å²) in [6, 6.07) is 4.05. The second kappa shape index (κ2) is 5.24. The summed E-state index contributed by atoms with van der Waals surface area (Å²) in [5.41, 5.74) is 2.15. The van der Waals surface area contributed by atoms with Gasteiger partial charge in [0, 0.05) is 18.0 Å². The van der Waals surface area contributed by atoms with Crippen LogP contribution in [-0.2, 0) is 6.42 Å². The number of nitrogens with one attached hydrogen (secondary N) is 1. The number of aliphatic hydroxyl groups excluding tert-OH is 1. The van der Waals surface area contributed by atoms with E-state index >= 15 is 0 Å². The summed E-state index contributed by atoms with van der Waals surface area (Å²) in [7, 11) is 0. The zero-order chi connectivity index (χ0) is 12.4. The Hall–Kier alpha value is -1.13. The van der Waals surface area contributed by atoms with Crippen LogP contribution < -0.4 is 0 Å². The molecule has 2 aromatic heterocycles. The lowest BCUT2D eigenvalue weighted by Gasteiger charge is -2.24. The summed E-state index contributed by atoms with van der Waals surface area (Å²) in [4.78, 5) is 7.88. The predicted octanol–water partition coefficient (Wildman–Crippen LogP) is 3.23. The van der Waals surface area contributed by atoms with Gasteiger partial charge in [0.2, 0.25) is 0 Å². The lowest BCUT2D eigenvalue weighted by molar-refractivity contribution is 0.108. The van der Waals surface area contributed by atoms with Crippen molar-refractivity contribution < 1.29 is 5.11 Å². The quantitative estimate of drug-likeness (QED) is 0.892. The molecule has 0 aromatic carbocycles. The number of thiazole rings is 1. The number of H-pyrrole nitrogens is 1. The molecular formula is C14H18N2OS. The van der Waals surface area contributed by atoms with E-state index in [0.717, 1.165) is 43.5 Å². The van der Waals surface area contributed by atoms with Crippen molar-refractivity contribution in [2.24, 2.45) is 5.92 Å². The Balaban J connectivity index is 1.64. The predicted molar refractivity (Wildman–Crippen MR) is 73.6 cm³/mol. The molecule has 1 saturated carbocycles. The highest BCUT2D eigenvalue weighted by Crippen LogP contribution is 2.29. The summed E-state index contributed by atoms with van der Waals surface area (Å²) < 4.78 is 0. The first-order chi connectivity index (χ1) is 8.81. The molecule has 3 nitrogen and oxygen atoms in total. The van der Waals surface area contributed by atoms with Crippen LogP contribution in [0.1, 0.15) is 30.7 Å². The number of hydrogen-bond acceptors (Lipinski definition) is 3. The fourth-order valence-corrected chi connectivity index (χ4v) is 3.52. The summed E-state index contributed by atoms with van der Waals surface area (Å²) in [5.74, 6) is 0.705. The van der Waals surface area contributed by atoms with Gasteiger partial charge in [0.1, 0.15) is 0 Å². The average molecular weight is 262 g/mol. The maximum absolute atomic E-state index is 9.51. The Morgan fingerprint density at radius 2 is 2.17 bits per heavy atom. The maximum atomic E-state index is 9.51. The Morgan fingerprint density at radius 3 is 2.89 bits per heavy atom.